The van der Waals surface area contributed by atoms with E-state index in [2.05, 4.69) is 4.74 Å². The van der Waals surface area contributed by atoms with Crippen molar-refractivity contribution in [3.8, 4) is 0 Å². The van der Waals surface area contributed by atoms with Gasteiger partial charge in [0.25, 0.3) is 0 Å². The Kier molecular flexibility index (Phi) is 3.60. The number of hydrogen-bond donors (Lipinski definition) is 0. The molecule has 1 fully saturated rings. The number of furan rings is 1. The third kappa shape index (κ3) is 2.34. The van der Waals surface area contributed by atoms with Crippen molar-refractivity contribution >= 4 is 17.5 Å². The van der Waals surface area contributed by atoms with Crippen LogP contribution in [0.25, 0.3) is 0 Å². The number of ether oxygens (including phenoxy) is 1. The lowest BCUT2D eigenvalue weighted by molar-refractivity contribution is -0.147. The van der Waals surface area contributed by atoms with Gasteiger partial charge in [0.15, 0.2) is 5.76 Å². The zero-order valence-corrected chi connectivity index (χ0v) is 10.0. The van der Waals surface area contributed by atoms with Gasteiger partial charge in [0.1, 0.15) is 5.78 Å². The molecule has 2 unspecified atom stereocenters. The first-order valence-corrected chi connectivity index (χ1v) is 5.81. The molecule has 1 saturated carbocycles. The van der Waals surface area contributed by atoms with Crippen molar-refractivity contribution in [3.05, 3.63) is 24.2 Å². The number of methoxy groups -OCH3 is 1. The molecule has 0 aliphatic heterocycles. The minimum absolute atomic E-state index is 0.128. The van der Waals surface area contributed by atoms with Gasteiger partial charge in [0.2, 0.25) is 5.78 Å². The maximum Gasteiger partial charge on any atom is 0.308 e. The molecule has 1 aromatic rings. The molecule has 2 atom stereocenters. The maximum atomic E-state index is 12.1. The summed E-state index contributed by atoms with van der Waals surface area (Å²) in [6.07, 6.45) is 2.29. The van der Waals surface area contributed by atoms with Crippen LogP contribution in [0.4, 0.5) is 0 Å². The molecule has 1 aromatic heterocycles. The molecule has 1 aliphatic carbocycles. The minimum Gasteiger partial charge on any atom is -0.469 e. The van der Waals surface area contributed by atoms with Gasteiger partial charge in [-0.2, -0.15) is 0 Å². The van der Waals surface area contributed by atoms with Gasteiger partial charge in [0, 0.05) is 6.42 Å². The van der Waals surface area contributed by atoms with E-state index >= 15 is 0 Å². The summed E-state index contributed by atoms with van der Waals surface area (Å²) in [5.74, 6) is -1.83. The number of ketones is 2. The van der Waals surface area contributed by atoms with Gasteiger partial charge in [-0.25, -0.2) is 0 Å². The summed E-state index contributed by atoms with van der Waals surface area (Å²) < 4.78 is 9.66. The summed E-state index contributed by atoms with van der Waals surface area (Å²) in [6, 6.07) is 3.12. The van der Waals surface area contributed by atoms with Crippen molar-refractivity contribution < 1.29 is 23.5 Å². The molecule has 0 bridgehead atoms. The second-order valence-electron chi connectivity index (χ2n) is 4.35. The van der Waals surface area contributed by atoms with E-state index in [9.17, 15) is 14.4 Å². The zero-order valence-electron chi connectivity index (χ0n) is 10.0. The van der Waals surface area contributed by atoms with E-state index < -0.39 is 5.92 Å². The van der Waals surface area contributed by atoms with Gasteiger partial charge in [-0.05, 0) is 25.0 Å². The first-order chi connectivity index (χ1) is 8.63. The third-order valence-corrected chi connectivity index (χ3v) is 3.26. The Morgan fingerprint density at radius 1 is 1.44 bits per heavy atom. The van der Waals surface area contributed by atoms with Crippen LogP contribution in [0.15, 0.2) is 22.8 Å². The summed E-state index contributed by atoms with van der Waals surface area (Å²) in [6.45, 7) is 0. The predicted molar refractivity (Wildman–Crippen MR) is 60.9 cm³/mol. The lowest BCUT2D eigenvalue weighted by Gasteiger charge is -2.24. The Bertz CT molecular complexity index is 460. The fraction of sp³-hybridized carbons (Fsp3) is 0.462. The summed E-state index contributed by atoms with van der Waals surface area (Å²) in [7, 11) is 1.31. The standard InChI is InChI=1S/C13H14O5/c1-17-13(16)8-4-5-10(14)9(7-8)12(15)11-3-2-6-18-11/h2-3,6,8-9H,4-5,7H2,1H3. The first kappa shape index (κ1) is 12.5. The second kappa shape index (κ2) is 5.16. The quantitative estimate of drug-likeness (QED) is 0.463. The van der Waals surface area contributed by atoms with Crippen LogP contribution in [0.3, 0.4) is 0 Å². The fourth-order valence-electron chi connectivity index (χ4n) is 2.25. The number of esters is 1. The molecule has 1 heterocycles. The van der Waals surface area contributed by atoms with Crippen LogP contribution >= 0.6 is 0 Å². The Labute approximate surface area is 104 Å². The molecular weight excluding hydrogens is 236 g/mol. The Morgan fingerprint density at radius 3 is 2.83 bits per heavy atom. The van der Waals surface area contributed by atoms with Crippen LogP contribution in [-0.4, -0.2) is 24.6 Å². The van der Waals surface area contributed by atoms with Gasteiger partial charge in [-0.3, -0.25) is 14.4 Å². The average molecular weight is 250 g/mol. The Morgan fingerprint density at radius 2 is 2.22 bits per heavy atom. The predicted octanol–water partition coefficient (Wildman–Crippen LogP) is 1.62. The molecule has 5 heteroatoms. The highest BCUT2D eigenvalue weighted by atomic mass is 16.5. The lowest BCUT2D eigenvalue weighted by atomic mass is 9.78. The summed E-state index contributed by atoms with van der Waals surface area (Å²) in [5, 5.41) is 0. The van der Waals surface area contributed by atoms with Crippen LogP contribution in [0.1, 0.15) is 29.8 Å². The second-order valence-corrected chi connectivity index (χ2v) is 4.35. The van der Waals surface area contributed by atoms with Crippen molar-refractivity contribution in [1.29, 1.82) is 0 Å². The number of carbonyl (C=O) groups is 3. The van der Waals surface area contributed by atoms with Gasteiger partial charge in [0.05, 0.1) is 25.2 Å². The summed E-state index contributed by atoms with van der Waals surface area (Å²) in [5.41, 5.74) is 0. The van der Waals surface area contributed by atoms with E-state index in [-0.39, 0.29) is 42.1 Å². The number of hydrogen-bond acceptors (Lipinski definition) is 5. The average Bonchev–Trinajstić information content (AvgIpc) is 2.91. The van der Waals surface area contributed by atoms with Crippen LogP contribution in [0.5, 0.6) is 0 Å². The molecule has 0 amide bonds. The van der Waals surface area contributed by atoms with Crippen molar-refractivity contribution in [2.45, 2.75) is 19.3 Å². The van der Waals surface area contributed by atoms with Crippen LogP contribution in [0, 0.1) is 11.8 Å². The number of Topliss-reactive ketones (excluding diaryl/α,β-unsaturated/α-hetero) is 2. The topological polar surface area (TPSA) is 73.6 Å². The van der Waals surface area contributed by atoms with Gasteiger partial charge < -0.3 is 9.15 Å². The molecule has 0 N–H and O–H groups in total. The molecule has 0 spiro atoms. The summed E-state index contributed by atoms with van der Waals surface area (Å²) in [4.78, 5) is 35.3. The highest BCUT2D eigenvalue weighted by Gasteiger charge is 2.38. The SMILES string of the molecule is COC(=O)C1CCC(=O)C(C(=O)c2ccco2)C1. The third-order valence-electron chi connectivity index (χ3n) is 3.26. The molecule has 2 rings (SSSR count). The highest BCUT2D eigenvalue weighted by molar-refractivity contribution is 6.10. The number of rotatable bonds is 3. The van der Waals surface area contributed by atoms with Gasteiger partial charge >= 0.3 is 5.97 Å². The molecule has 1 aliphatic rings. The Balaban J connectivity index is 2.13. The van der Waals surface area contributed by atoms with Crippen molar-refractivity contribution in [2.75, 3.05) is 7.11 Å². The van der Waals surface area contributed by atoms with Crippen molar-refractivity contribution in [2.24, 2.45) is 11.8 Å². The van der Waals surface area contributed by atoms with Crippen LogP contribution in [0.2, 0.25) is 0 Å². The van der Waals surface area contributed by atoms with E-state index in [1.807, 2.05) is 0 Å². The van der Waals surface area contributed by atoms with E-state index in [1.165, 1.54) is 19.4 Å². The molecular formula is C13H14O5. The lowest BCUT2D eigenvalue weighted by Crippen LogP contribution is -2.34. The summed E-state index contributed by atoms with van der Waals surface area (Å²) >= 11 is 0. The molecule has 0 saturated heterocycles. The zero-order chi connectivity index (χ0) is 13.1. The Hall–Kier alpha value is -1.91. The fourth-order valence-corrected chi connectivity index (χ4v) is 2.25. The molecule has 5 nitrogen and oxygen atoms in total. The molecule has 0 radical (unpaired) electrons. The van der Waals surface area contributed by atoms with E-state index in [1.54, 1.807) is 6.07 Å². The first-order valence-electron chi connectivity index (χ1n) is 5.81. The van der Waals surface area contributed by atoms with Crippen LogP contribution < -0.4 is 0 Å². The minimum atomic E-state index is -0.783. The van der Waals surface area contributed by atoms with Gasteiger partial charge in [-0.1, -0.05) is 0 Å². The molecule has 18 heavy (non-hydrogen) atoms. The highest BCUT2D eigenvalue weighted by Crippen LogP contribution is 2.29. The normalized spacial score (nSPS) is 23.7. The monoisotopic (exact) mass is 250 g/mol. The molecule has 96 valence electrons. The molecule has 0 aromatic carbocycles. The van der Waals surface area contributed by atoms with Crippen LogP contribution in [-0.2, 0) is 14.3 Å². The smallest absolute Gasteiger partial charge is 0.308 e. The maximum absolute atomic E-state index is 12.1. The van der Waals surface area contributed by atoms with Crippen molar-refractivity contribution in [1.82, 2.24) is 0 Å². The van der Waals surface area contributed by atoms with E-state index in [0.29, 0.717) is 6.42 Å². The van der Waals surface area contributed by atoms with Crippen molar-refractivity contribution in [3.63, 3.8) is 0 Å². The number of carbonyl (C=O) groups excluding carboxylic acids is 3. The van der Waals surface area contributed by atoms with E-state index in [4.69, 9.17) is 4.42 Å². The largest absolute Gasteiger partial charge is 0.469 e. The van der Waals surface area contributed by atoms with Gasteiger partial charge in [-0.15, -0.1) is 0 Å². The van der Waals surface area contributed by atoms with E-state index in [0.717, 1.165) is 0 Å².